The lowest BCUT2D eigenvalue weighted by Gasteiger charge is -2.08. The maximum atomic E-state index is 11.7. The van der Waals surface area contributed by atoms with Crippen molar-refractivity contribution < 1.29 is 4.79 Å². The molecule has 0 unspecified atom stereocenters. The SMILES string of the molecule is CC(=O)c1ccccc1Sc1nnc2n1CCCCC2. The highest BCUT2D eigenvalue weighted by Gasteiger charge is 2.17. The van der Waals surface area contributed by atoms with E-state index in [9.17, 15) is 4.79 Å². The second-order valence-electron chi connectivity index (χ2n) is 5.02. The fourth-order valence-corrected chi connectivity index (χ4v) is 3.53. The Hall–Kier alpha value is -1.62. The van der Waals surface area contributed by atoms with E-state index in [1.54, 1.807) is 18.7 Å². The van der Waals surface area contributed by atoms with Gasteiger partial charge in [-0.1, -0.05) is 24.6 Å². The van der Waals surface area contributed by atoms with Gasteiger partial charge < -0.3 is 4.57 Å². The number of nitrogens with zero attached hydrogens (tertiary/aromatic N) is 3. The molecular formula is C15H17N3OS. The topological polar surface area (TPSA) is 47.8 Å². The van der Waals surface area contributed by atoms with Gasteiger partial charge in [-0.25, -0.2) is 0 Å². The Morgan fingerprint density at radius 2 is 2.05 bits per heavy atom. The van der Waals surface area contributed by atoms with Crippen LogP contribution in [0.2, 0.25) is 0 Å². The molecule has 0 fully saturated rings. The van der Waals surface area contributed by atoms with Crippen molar-refractivity contribution in [3.05, 3.63) is 35.7 Å². The molecule has 0 amide bonds. The third-order valence-electron chi connectivity index (χ3n) is 3.54. The number of fused-ring (bicyclic) bond motifs is 1. The lowest BCUT2D eigenvalue weighted by Crippen LogP contribution is -2.03. The molecule has 5 heteroatoms. The minimum Gasteiger partial charge on any atom is -0.306 e. The highest BCUT2D eigenvalue weighted by molar-refractivity contribution is 7.99. The molecule has 0 N–H and O–H groups in total. The van der Waals surface area contributed by atoms with E-state index in [4.69, 9.17) is 0 Å². The molecule has 3 rings (SSSR count). The third kappa shape index (κ3) is 2.63. The van der Waals surface area contributed by atoms with Crippen molar-refractivity contribution in [1.82, 2.24) is 14.8 Å². The van der Waals surface area contributed by atoms with Crippen LogP contribution in [0, 0.1) is 0 Å². The van der Waals surface area contributed by atoms with Crippen LogP contribution in [0.1, 0.15) is 42.4 Å². The third-order valence-corrected chi connectivity index (χ3v) is 4.60. The van der Waals surface area contributed by atoms with Gasteiger partial charge in [0.05, 0.1) is 0 Å². The highest BCUT2D eigenvalue weighted by Crippen LogP contribution is 2.31. The quantitative estimate of drug-likeness (QED) is 0.812. The summed E-state index contributed by atoms with van der Waals surface area (Å²) in [6, 6.07) is 7.68. The molecule has 0 radical (unpaired) electrons. The molecule has 1 aromatic carbocycles. The number of hydrogen-bond acceptors (Lipinski definition) is 4. The Labute approximate surface area is 122 Å². The van der Waals surface area contributed by atoms with Gasteiger partial charge in [-0.15, -0.1) is 10.2 Å². The molecule has 1 aromatic heterocycles. The molecule has 0 bridgehead atoms. The number of carbonyl (C=O) groups excluding carboxylic acids is 1. The van der Waals surface area contributed by atoms with E-state index < -0.39 is 0 Å². The van der Waals surface area contributed by atoms with Gasteiger partial charge in [-0.05, 0) is 37.6 Å². The minimum absolute atomic E-state index is 0.0868. The number of aromatic nitrogens is 3. The first-order valence-electron chi connectivity index (χ1n) is 6.95. The van der Waals surface area contributed by atoms with Crippen molar-refractivity contribution in [3.8, 4) is 0 Å². The summed E-state index contributed by atoms with van der Waals surface area (Å²) in [5.74, 6) is 1.16. The van der Waals surface area contributed by atoms with Crippen molar-refractivity contribution >= 4 is 17.5 Å². The van der Waals surface area contributed by atoms with Crippen LogP contribution in [0.5, 0.6) is 0 Å². The van der Waals surface area contributed by atoms with E-state index >= 15 is 0 Å². The molecule has 0 aliphatic carbocycles. The first-order chi connectivity index (χ1) is 9.75. The van der Waals surface area contributed by atoms with Gasteiger partial charge in [0.2, 0.25) is 0 Å². The molecule has 2 heterocycles. The molecule has 4 nitrogen and oxygen atoms in total. The monoisotopic (exact) mass is 287 g/mol. The molecular weight excluding hydrogens is 270 g/mol. The Kier molecular flexibility index (Phi) is 3.87. The summed E-state index contributed by atoms with van der Waals surface area (Å²) in [7, 11) is 0. The smallest absolute Gasteiger partial charge is 0.196 e. The van der Waals surface area contributed by atoms with E-state index in [1.165, 1.54) is 19.3 Å². The fraction of sp³-hybridized carbons (Fsp3) is 0.400. The van der Waals surface area contributed by atoms with Gasteiger partial charge in [-0.2, -0.15) is 0 Å². The molecule has 20 heavy (non-hydrogen) atoms. The number of ketones is 1. The lowest BCUT2D eigenvalue weighted by molar-refractivity contribution is 0.101. The Morgan fingerprint density at radius 1 is 1.20 bits per heavy atom. The molecule has 2 aromatic rings. The zero-order valence-corrected chi connectivity index (χ0v) is 12.3. The second-order valence-corrected chi connectivity index (χ2v) is 6.02. The van der Waals surface area contributed by atoms with Crippen LogP contribution in [-0.2, 0) is 13.0 Å². The number of carbonyl (C=O) groups is 1. The van der Waals surface area contributed by atoms with Crippen molar-refractivity contribution in [2.24, 2.45) is 0 Å². The summed E-state index contributed by atoms with van der Waals surface area (Å²) < 4.78 is 2.20. The molecule has 0 saturated heterocycles. The standard InChI is InChI=1S/C15H17N3OS/c1-11(19)12-7-4-5-8-13(12)20-15-17-16-14-9-3-2-6-10-18(14)15/h4-5,7-8H,2-3,6,9-10H2,1H3. The van der Waals surface area contributed by atoms with Gasteiger partial charge >= 0.3 is 0 Å². The Morgan fingerprint density at radius 3 is 2.90 bits per heavy atom. The predicted octanol–water partition coefficient (Wildman–Crippen LogP) is 3.36. The Balaban J connectivity index is 1.92. The average molecular weight is 287 g/mol. The maximum absolute atomic E-state index is 11.7. The van der Waals surface area contributed by atoms with Crippen LogP contribution >= 0.6 is 11.8 Å². The molecule has 0 atom stereocenters. The van der Waals surface area contributed by atoms with Gasteiger partial charge in [0.1, 0.15) is 5.82 Å². The van der Waals surface area contributed by atoms with Crippen LogP contribution in [0.3, 0.4) is 0 Å². The van der Waals surface area contributed by atoms with E-state index in [-0.39, 0.29) is 5.78 Å². The summed E-state index contributed by atoms with van der Waals surface area (Å²) in [6.45, 7) is 2.58. The van der Waals surface area contributed by atoms with Crippen LogP contribution in [0.25, 0.3) is 0 Å². The fourth-order valence-electron chi connectivity index (χ4n) is 2.48. The summed E-state index contributed by atoms with van der Waals surface area (Å²) in [4.78, 5) is 12.6. The van der Waals surface area contributed by atoms with Gasteiger partial charge in [0.15, 0.2) is 10.9 Å². The molecule has 1 aliphatic rings. The summed E-state index contributed by atoms with van der Waals surface area (Å²) in [5.41, 5.74) is 0.753. The first kappa shape index (κ1) is 13.4. The lowest BCUT2D eigenvalue weighted by atomic mass is 10.1. The van der Waals surface area contributed by atoms with Crippen molar-refractivity contribution in [2.45, 2.75) is 49.2 Å². The van der Waals surface area contributed by atoms with E-state index in [0.717, 1.165) is 34.4 Å². The van der Waals surface area contributed by atoms with Crippen LogP contribution in [-0.4, -0.2) is 20.5 Å². The van der Waals surface area contributed by atoms with Gasteiger partial charge in [0, 0.05) is 23.4 Å². The van der Waals surface area contributed by atoms with Crippen LogP contribution in [0.4, 0.5) is 0 Å². The summed E-state index contributed by atoms with van der Waals surface area (Å²) >= 11 is 1.54. The first-order valence-corrected chi connectivity index (χ1v) is 7.77. The number of rotatable bonds is 3. The number of aryl methyl sites for hydroxylation is 1. The van der Waals surface area contributed by atoms with Crippen LogP contribution in [0.15, 0.2) is 34.3 Å². The highest BCUT2D eigenvalue weighted by atomic mass is 32.2. The maximum Gasteiger partial charge on any atom is 0.196 e. The molecule has 104 valence electrons. The molecule has 1 aliphatic heterocycles. The van der Waals surface area contributed by atoms with E-state index in [0.29, 0.717) is 0 Å². The summed E-state index contributed by atoms with van der Waals surface area (Å²) in [6.07, 6.45) is 4.61. The van der Waals surface area contributed by atoms with Crippen molar-refractivity contribution in [2.75, 3.05) is 0 Å². The number of Topliss-reactive ketones (excluding diaryl/α,β-unsaturated/α-hetero) is 1. The largest absolute Gasteiger partial charge is 0.306 e. The zero-order chi connectivity index (χ0) is 13.9. The summed E-state index contributed by atoms with van der Waals surface area (Å²) in [5, 5.41) is 9.49. The predicted molar refractivity (Wildman–Crippen MR) is 78.1 cm³/mol. The van der Waals surface area contributed by atoms with Crippen LogP contribution < -0.4 is 0 Å². The second kappa shape index (κ2) is 5.79. The average Bonchev–Trinajstić information content (AvgIpc) is 2.68. The minimum atomic E-state index is 0.0868. The number of hydrogen-bond donors (Lipinski definition) is 0. The zero-order valence-electron chi connectivity index (χ0n) is 11.5. The normalized spacial score (nSPS) is 14.7. The molecule has 0 spiro atoms. The number of benzene rings is 1. The molecule has 0 saturated carbocycles. The van der Waals surface area contributed by atoms with Gasteiger partial charge in [-0.3, -0.25) is 4.79 Å². The van der Waals surface area contributed by atoms with E-state index in [2.05, 4.69) is 14.8 Å². The Bertz CT molecular complexity index is 636. The van der Waals surface area contributed by atoms with Crippen molar-refractivity contribution in [1.29, 1.82) is 0 Å². The van der Waals surface area contributed by atoms with Gasteiger partial charge in [0.25, 0.3) is 0 Å². The van der Waals surface area contributed by atoms with E-state index in [1.807, 2.05) is 24.3 Å². The van der Waals surface area contributed by atoms with Crippen molar-refractivity contribution in [3.63, 3.8) is 0 Å².